The second-order valence-electron chi connectivity index (χ2n) is 6.55. The Bertz CT molecular complexity index is 776. The van der Waals surface area contributed by atoms with Crippen molar-refractivity contribution in [1.29, 1.82) is 0 Å². The minimum absolute atomic E-state index is 0.00634. The first-order valence-electron chi connectivity index (χ1n) is 8.73. The number of nitrogens with zero attached hydrogens (tertiary/aromatic N) is 3. The average Bonchev–Trinajstić information content (AvgIpc) is 2.63. The van der Waals surface area contributed by atoms with Crippen molar-refractivity contribution in [3.8, 4) is 5.75 Å². The molecule has 0 unspecified atom stereocenters. The van der Waals surface area contributed by atoms with E-state index in [4.69, 9.17) is 16.3 Å². The van der Waals surface area contributed by atoms with Crippen LogP contribution in [0.3, 0.4) is 0 Å². The minimum Gasteiger partial charge on any atom is -0.484 e. The van der Waals surface area contributed by atoms with Crippen molar-refractivity contribution in [2.75, 3.05) is 24.6 Å². The topological polar surface area (TPSA) is 67.4 Å². The number of carbonyl (C=O) groups excluding carboxylic acids is 1. The molecule has 6 nitrogen and oxygen atoms in total. The van der Waals surface area contributed by atoms with E-state index in [0.29, 0.717) is 10.8 Å². The molecule has 0 saturated carbocycles. The van der Waals surface area contributed by atoms with Crippen LogP contribution in [-0.4, -0.2) is 41.6 Å². The third-order valence-corrected chi connectivity index (χ3v) is 4.90. The summed E-state index contributed by atoms with van der Waals surface area (Å²) in [5.41, 5.74) is 1.89. The number of nitrogens with one attached hydrogen (secondary N) is 1. The van der Waals surface area contributed by atoms with Gasteiger partial charge in [0.05, 0.1) is 0 Å². The van der Waals surface area contributed by atoms with Gasteiger partial charge in [-0.2, -0.15) is 0 Å². The molecule has 2 heterocycles. The van der Waals surface area contributed by atoms with Crippen molar-refractivity contribution in [3.05, 3.63) is 46.9 Å². The lowest BCUT2D eigenvalue weighted by Crippen LogP contribution is -2.46. The zero-order valence-electron chi connectivity index (χ0n) is 15.0. The summed E-state index contributed by atoms with van der Waals surface area (Å²) >= 11 is 5.99. The van der Waals surface area contributed by atoms with Crippen LogP contribution < -0.4 is 15.0 Å². The van der Waals surface area contributed by atoms with Crippen LogP contribution in [0.2, 0.25) is 5.02 Å². The zero-order chi connectivity index (χ0) is 18.5. The summed E-state index contributed by atoms with van der Waals surface area (Å²) < 4.78 is 5.55. The van der Waals surface area contributed by atoms with Crippen molar-refractivity contribution in [1.82, 2.24) is 15.3 Å². The molecule has 1 N–H and O–H groups in total. The van der Waals surface area contributed by atoms with Crippen LogP contribution in [0.1, 0.15) is 24.1 Å². The maximum Gasteiger partial charge on any atom is 0.258 e. The fraction of sp³-hybridized carbons (Fsp3) is 0.421. The summed E-state index contributed by atoms with van der Waals surface area (Å²) in [6, 6.07) is 7.52. The Kier molecular flexibility index (Phi) is 5.93. The molecule has 0 bridgehead atoms. The Morgan fingerprint density at radius 2 is 2.04 bits per heavy atom. The van der Waals surface area contributed by atoms with Crippen molar-refractivity contribution < 1.29 is 9.53 Å². The van der Waals surface area contributed by atoms with Gasteiger partial charge in [-0.05, 0) is 50.5 Å². The summed E-state index contributed by atoms with van der Waals surface area (Å²) in [4.78, 5) is 22.8. The summed E-state index contributed by atoms with van der Waals surface area (Å²) in [6.07, 6.45) is 3.36. The highest BCUT2D eigenvalue weighted by atomic mass is 35.5. The molecule has 26 heavy (non-hydrogen) atoms. The van der Waals surface area contributed by atoms with E-state index in [9.17, 15) is 4.79 Å². The largest absolute Gasteiger partial charge is 0.484 e. The van der Waals surface area contributed by atoms with E-state index >= 15 is 0 Å². The second kappa shape index (κ2) is 8.36. The number of amides is 1. The number of hydrogen-bond donors (Lipinski definition) is 1. The van der Waals surface area contributed by atoms with Crippen LogP contribution in [0.4, 0.5) is 5.82 Å². The van der Waals surface area contributed by atoms with Gasteiger partial charge in [0.15, 0.2) is 6.61 Å². The van der Waals surface area contributed by atoms with Crippen molar-refractivity contribution in [2.24, 2.45) is 0 Å². The molecule has 0 radical (unpaired) electrons. The second-order valence-corrected chi connectivity index (χ2v) is 6.95. The SMILES string of the molecule is Cc1cc(N2CCC(NC(=O)COc3ccc(Cl)c(C)c3)CC2)ncn1. The lowest BCUT2D eigenvalue weighted by Gasteiger charge is -2.33. The van der Waals surface area contributed by atoms with E-state index in [0.717, 1.165) is 43.0 Å². The fourth-order valence-electron chi connectivity index (χ4n) is 2.99. The molecule has 1 aliphatic rings. The number of carbonyl (C=O) groups is 1. The van der Waals surface area contributed by atoms with Gasteiger partial charge in [-0.3, -0.25) is 4.79 Å². The van der Waals surface area contributed by atoms with Crippen LogP contribution in [0.25, 0.3) is 0 Å². The van der Waals surface area contributed by atoms with Gasteiger partial charge < -0.3 is 15.0 Å². The number of ether oxygens (including phenoxy) is 1. The van der Waals surface area contributed by atoms with Gasteiger partial charge in [0.1, 0.15) is 17.9 Å². The first-order valence-corrected chi connectivity index (χ1v) is 9.11. The molecule has 0 spiro atoms. The average molecular weight is 375 g/mol. The number of anilines is 1. The Hall–Kier alpha value is -2.34. The van der Waals surface area contributed by atoms with Crippen molar-refractivity contribution in [3.63, 3.8) is 0 Å². The molecule has 1 amide bonds. The summed E-state index contributed by atoms with van der Waals surface area (Å²) in [7, 11) is 0. The Morgan fingerprint density at radius 1 is 1.27 bits per heavy atom. The van der Waals surface area contributed by atoms with Crippen LogP contribution in [0.5, 0.6) is 5.75 Å². The molecule has 1 aliphatic heterocycles. The molecule has 1 aromatic carbocycles. The fourth-order valence-corrected chi connectivity index (χ4v) is 3.11. The van der Waals surface area contributed by atoms with Gasteiger partial charge in [-0.15, -0.1) is 0 Å². The summed E-state index contributed by atoms with van der Waals surface area (Å²) in [5, 5.41) is 3.74. The lowest BCUT2D eigenvalue weighted by molar-refractivity contribution is -0.123. The lowest BCUT2D eigenvalue weighted by atomic mass is 10.1. The first kappa shape index (κ1) is 18.5. The number of benzene rings is 1. The molecule has 1 saturated heterocycles. The molecule has 1 fully saturated rings. The number of piperidine rings is 1. The summed E-state index contributed by atoms with van der Waals surface area (Å²) in [5.74, 6) is 1.49. The summed E-state index contributed by atoms with van der Waals surface area (Å²) in [6.45, 7) is 5.59. The molecule has 3 rings (SSSR count). The quantitative estimate of drug-likeness (QED) is 0.871. The Morgan fingerprint density at radius 3 is 2.73 bits per heavy atom. The van der Waals surface area contributed by atoms with Crippen LogP contribution in [-0.2, 0) is 4.79 Å². The third-order valence-electron chi connectivity index (χ3n) is 4.47. The smallest absolute Gasteiger partial charge is 0.258 e. The molecular formula is C19H23ClN4O2. The number of hydrogen-bond acceptors (Lipinski definition) is 5. The van der Waals surface area contributed by atoms with Gasteiger partial charge in [-0.25, -0.2) is 9.97 Å². The van der Waals surface area contributed by atoms with Gasteiger partial charge in [0, 0.05) is 35.9 Å². The maximum absolute atomic E-state index is 12.1. The van der Waals surface area contributed by atoms with Gasteiger partial charge in [-0.1, -0.05) is 11.6 Å². The minimum atomic E-state index is -0.103. The number of aromatic nitrogens is 2. The third kappa shape index (κ3) is 4.85. The van der Waals surface area contributed by atoms with Gasteiger partial charge in [0.25, 0.3) is 5.91 Å². The van der Waals surface area contributed by atoms with E-state index in [1.165, 1.54) is 0 Å². The van der Waals surface area contributed by atoms with E-state index in [1.807, 2.05) is 26.0 Å². The van der Waals surface area contributed by atoms with Gasteiger partial charge >= 0.3 is 0 Å². The van der Waals surface area contributed by atoms with Crippen LogP contribution in [0.15, 0.2) is 30.6 Å². The highest BCUT2D eigenvalue weighted by Gasteiger charge is 2.21. The number of aryl methyl sites for hydroxylation is 2. The Labute approximate surface area is 158 Å². The standard InChI is InChI=1S/C19H23ClN4O2/c1-13-9-16(3-4-17(13)20)26-11-19(25)23-15-5-7-24(8-6-15)18-10-14(2)21-12-22-18/h3-4,9-10,12,15H,5-8,11H2,1-2H3,(H,23,25). The van der Waals surface area contributed by atoms with Crippen LogP contribution in [0, 0.1) is 13.8 Å². The predicted octanol–water partition coefficient (Wildman–Crippen LogP) is 2.91. The molecular weight excluding hydrogens is 352 g/mol. The highest BCUT2D eigenvalue weighted by molar-refractivity contribution is 6.31. The molecule has 138 valence electrons. The molecule has 2 aromatic rings. The van der Waals surface area contributed by atoms with Gasteiger partial charge in [0.2, 0.25) is 0 Å². The van der Waals surface area contributed by atoms with E-state index in [1.54, 1.807) is 18.5 Å². The normalized spacial score (nSPS) is 15.0. The predicted molar refractivity (Wildman–Crippen MR) is 102 cm³/mol. The monoisotopic (exact) mass is 374 g/mol. The van der Waals surface area contributed by atoms with Crippen molar-refractivity contribution >= 4 is 23.3 Å². The Balaban J connectivity index is 1.43. The highest BCUT2D eigenvalue weighted by Crippen LogP contribution is 2.21. The molecule has 1 aromatic heterocycles. The van der Waals surface area contributed by atoms with Crippen LogP contribution >= 0.6 is 11.6 Å². The number of rotatable bonds is 5. The molecule has 0 aliphatic carbocycles. The molecule has 0 atom stereocenters. The maximum atomic E-state index is 12.1. The first-order chi connectivity index (χ1) is 12.5. The number of halogens is 1. The van der Waals surface area contributed by atoms with E-state index in [-0.39, 0.29) is 18.6 Å². The molecule has 7 heteroatoms. The van der Waals surface area contributed by atoms with E-state index < -0.39 is 0 Å². The van der Waals surface area contributed by atoms with Crippen molar-refractivity contribution in [2.45, 2.75) is 32.7 Å². The zero-order valence-corrected chi connectivity index (χ0v) is 15.8. The van der Waals surface area contributed by atoms with E-state index in [2.05, 4.69) is 20.2 Å².